The molecule has 1 unspecified atom stereocenters. The molecule has 116 valence electrons. The number of piperidine rings is 1. The monoisotopic (exact) mass is 293 g/mol. The molecule has 1 amide bonds. The number of carbonyl (C=O) groups excluding carboxylic acids is 1. The van der Waals surface area contributed by atoms with Crippen LogP contribution < -0.4 is 15.8 Å². The lowest BCUT2D eigenvalue weighted by Crippen LogP contribution is -2.47. The van der Waals surface area contributed by atoms with E-state index in [4.69, 9.17) is 10.5 Å². The lowest BCUT2D eigenvalue weighted by atomic mass is 10.1. The third-order valence-corrected chi connectivity index (χ3v) is 3.91. The van der Waals surface area contributed by atoms with E-state index in [2.05, 4.69) is 10.2 Å². The minimum Gasteiger partial charge on any atom is -0.495 e. The van der Waals surface area contributed by atoms with Crippen molar-refractivity contribution in [2.45, 2.75) is 31.9 Å². The number of nitrogens with zero attached hydrogens (tertiary/aromatic N) is 1. The summed E-state index contributed by atoms with van der Waals surface area (Å²) in [7, 11) is 1.55. The van der Waals surface area contributed by atoms with Gasteiger partial charge in [-0.2, -0.15) is 0 Å². The number of nitrogens with one attached hydrogen (secondary N) is 1. The van der Waals surface area contributed by atoms with Crippen LogP contribution in [0.3, 0.4) is 0 Å². The summed E-state index contributed by atoms with van der Waals surface area (Å²) in [5.74, 6) is 0.481. The molecule has 1 saturated heterocycles. The van der Waals surface area contributed by atoms with Gasteiger partial charge in [0.05, 0.1) is 24.9 Å². The molecule has 1 aliphatic heterocycles. The van der Waals surface area contributed by atoms with E-state index in [0.717, 1.165) is 13.1 Å². The van der Waals surface area contributed by atoms with Gasteiger partial charge in [-0.1, -0.05) is 0 Å². The van der Waals surface area contributed by atoms with Crippen LogP contribution in [0.2, 0.25) is 0 Å². The van der Waals surface area contributed by atoms with Crippen molar-refractivity contribution >= 4 is 17.3 Å². The van der Waals surface area contributed by atoms with Gasteiger partial charge in [-0.3, -0.25) is 9.69 Å². The SMILES string of the molecule is COc1ccc(N)cc1NC(=O)C(C)N1CCC(O)CC1. The van der Waals surface area contributed by atoms with Crippen LogP contribution in [0, 0.1) is 0 Å². The fraction of sp³-hybridized carbons (Fsp3) is 0.533. The van der Waals surface area contributed by atoms with Crippen LogP contribution in [0.1, 0.15) is 19.8 Å². The third-order valence-electron chi connectivity index (χ3n) is 3.91. The summed E-state index contributed by atoms with van der Waals surface area (Å²) in [5.41, 5.74) is 6.89. The van der Waals surface area contributed by atoms with Gasteiger partial charge in [0.15, 0.2) is 0 Å². The summed E-state index contributed by atoms with van der Waals surface area (Å²) in [6, 6.07) is 4.88. The summed E-state index contributed by atoms with van der Waals surface area (Å²) < 4.78 is 5.22. The van der Waals surface area contributed by atoms with Crippen LogP contribution in [0.4, 0.5) is 11.4 Å². The molecular weight excluding hydrogens is 270 g/mol. The van der Waals surface area contributed by atoms with Gasteiger partial charge < -0.3 is 20.9 Å². The number of amides is 1. The molecule has 1 aliphatic rings. The summed E-state index contributed by atoms with van der Waals surface area (Å²) >= 11 is 0. The lowest BCUT2D eigenvalue weighted by molar-refractivity contribution is -0.121. The highest BCUT2D eigenvalue weighted by molar-refractivity contribution is 5.96. The molecule has 1 aromatic rings. The standard InChI is InChI=1S/C15H23N3O3/c1-10(18-7-5-12(19)6-8-18)15(20)17-13-9-11(16)3-4-14(13)21-2/h3-4,9-10,12,19H,5-8,16H2,1-2H3,(H,17,20). The minimum absolute atomic E-state index is 0.102. The molecule has 1 heterocycles. The molecule has 0 spiro atoms. The number of aliphatic hydroxyl groups is 1. The largest absolute Gasteiger partial charge is 0.495 e. The Labute approximate surface area is 124 Å². The van der Waals surface area contributed by atoms with Gasteiger partial charge in [0.2, 0.25) is 5.91 Å². The molecule has 0 aromatic heterocycles. The van der Waals surface area contributed by atoms with E-state index in [1.807, 2.05) is 6.92 Å². The normalized spacial score (nSPS) is 18.2. The van der Waals surface area contributed by atoms with Crippen LogP contribution in [-0.2, 0) is 4.79 Å². The van der Waals surface area contributed by atoms with Crippen LogP contribution in [0.25, 0.3) is 0 Å². The quantitative estimate of drug-likeness (QED) is 0.723. The summed E-state index contributed by atoms with van der Waals surface area (Å²) in [6.07, 6.45) is 1.17. The molecule has 1 aromatic carbocycles. The number of hydrogen-bond donors (Lipinski definition) is 3. The van der Waals surface area contributed by atoms with Gasteiger partial charge in [0.1, 0.15) is 5.75 Å². The Morgan fingerprint density at radius 1 is 1.48 bits per heavy atom. The topological polar surface area (TPSA) is 87.8 Å². The van der Waals surface area contributed by atoms with Crippen molar-refractivity contribution < 1.29 is 14.6 Å². The fourth-order valence-electron chi connectivity index (χ4n) is 2.50. The molecule has 2 rings (SSSR count). The number of benzene rings is 1. The number of anilines is 2. The fourth-order valence-corrected chi connectivity index (χ4v) is 2.50. The van der Waals surface area contributed by atoms with Gasteiger partial charge in [-0.15, -0.1) is 0 Å². The summed E-state index contributed by atoms with van der Waals surface area (Å²) in [5, 5.41) is 12.4. The lowest BCUT2D eigenvalue weighted by Gasteiger charge is -2.33. The van der Waals surface area contributed by atoms with E-state index in [-0.39, 0.29) is 18.1 Å². The molecule has 0 aliphatic carbocycles. The van der Waals surface area contributed by atoms with Crippen molar-refractivity contribution in [2.24, 2.45) is 0 Å². The zero-order valence-electron chi connectivity index (χ0n) is 12.5. The number of carbonyl (C=O) groups is 1. The molecule has 1 fully saturated rings. The number of rotatable bonds is 4. The van der Waals surface area contributed by atoms with Gasteiger partial charge in [-0.05, 0) is 38.0 Å². The average molecular weight is 293 g/mol. The Morgan fingerprint density at radius 2 is 2.14 bits per heavy atom. The maximum absolute atomic E-state index is 12.4. The Kier molecular flexibility index (Phi) is 5.03. The molecule has 0 bridgehead atoms. The van der Waals surface area contributed by atoms with Crippen LogP contribution in [0.15, 0.2) is 18.2 Å². The molecule has 0 saturated carbocycles. The van der Waals surface area contributed by atoms with Crippen LogP contribution in [-0.4, -0.2) is 48.3 Å². The van der Waals surface area contributed by atoms with Gasteiger partial charge >= 0.3 is 0 Å². The first-order chi connectivity index (χ1) is 10.0. The predicted molar refractivity (Wildman–Crippen MR) is 82.3 cm³/mol. The molecule has 21 heavy (non-hydrogen) atoms. The third kappa shape index (κ3) is 3.86. The Balaban J connectivity index is 2.02. The molecule has 6 heteroatoms. The predicted octanol–water partition coefficient (Wildman–Crippen LogP) is 1.06. The highest BCUT2D eigenvalue weighted by Gasteiger charge is 2.26. The number of nitrogens with two attached hydrogens (primary N) is 1. The van der Waals surface area contributed by atoms with Gasteiger partial charge in [-0.25, -0.2) is 0 Å². The highest BCUT2D eigenvalue weighted by Crippen LogP contribution is 2.27. The number of methoxy groups -OCH3 is 1. The maximum atomic E-state index is 12.4. The van der Waals surface area contributed by atoms with E-state index in [9.17, 15) is 9.90 Å². The number of ether oxygens (including phenoxy) is 1. The highest BCUT2D eigenvalue weighted by atomic mass is 16.5. The number of aliphatic hydroxyl groups excluding tert-OH is 1. The molecule has 0 radical (unpaired) electrons. The van der Waals surface area contributed by atoms with E-state index in [0.29, 0.717) is 30.0 Å². The zero-order valence-corrected chi connectivity index (χ0v) is 12.5. The van der Waals surface area contributed by atoms with Crippen LogP contribution in [0.5, 0.6) is 5.75 Å². The first-order valence-corrected chi connectivity index (χ1v) is 7.17. The van der Waals surface area contributed by atoms with Crippen molar-refractivity contribution in [3.8, 4) is 5.75 Å². The van der Waals surface area contributed by atoms with Crippen molar-refractivity contribution in [3.63, 3.8) is 0 Å². The van der Waals surface area contributed by atoms with Crippen molar-refractivity contribution in [2.75, 3.05) is 31.2 Å². The second kappa shape index (κ2) is 6.78. The Hall–Kier alpha value is -1.79. The number of hydrogen-bond acceptors (Lipinski definition) is 5. The van der Waals surface area contributed by atoms with E-state index < -0.39 is 0 Å². The maximum Gasteiger partial charge on any atom is 0.241 e. The molecule has 6 nitrogen and oxygen atoms in total. The number of nitrogen functional groups attached to an aromatic ring is 1. The van der Waals surface area contributed by atoms with E-state index in [1.54, 1.807) is 25.3 Å². The number of likely N-dealkylation sites (tertiary alicyclic amines) is 1. The smallest absolute Gasteiger partial charge is 0.241 e. The van der Waals surface area contributed by atoms with Crippen LogP contribution >= 0.6 is 0 Å². The minimum atomic E-state index is -0.261. The summed E-state index contributed by atoms with van der Waals surface area (Å²) in [6.45, 7) is 3.32. The molecule has 1 atom stereocenters. The van der Waals surface area contributed by atoms with E-state index in [1.165, 1.54) is 0 Å². The molecule has 4 N–H and O–H groups in total. The van der Waals surface area contributed by atoms with Crippen molar-refractivity contribution in [1.82, 2.24) is 4.90 Å². The van der Waals surface area contributed by atoms with Gasteiger partial charge in [0, 0.05) is 18.8 Å². The zero-order chi connectivity index (χ0) is 15.4. The first kappa shape index (κ1) is 15.6. The van der Waals surface area contributed by atoms with Gasteiger partial charge in [0.25, 0.3) is 0 Å². The van der Waals surface area contributed by atoms with Crippen molar-refractivity contribution in [1.29, 1.82) is 0 Å². The summed E-state index contributed by atoms with van der Waals surface area (Å²) in [4.78, 5) is 14.4. The molecular formula is C15H23N3O3. The Morgan fingerprint density at radius 3 is 2.76 bits per heavy atom. The second-order valence-electron chi connectivity index (χ2n) is 5.39. The van der Waals surface area contributed by atoms with Crippen molar-refractivity contribution in [3.05, 3.63) is 18.2 Å². The second-order valence-corrected chi connectivity index (χ2v) is 5.39. The van der Waals surface area contributed by atoms with E-state index >= 15 is 0 Å². The Bertz CT molecular complexity index is 499. The average Bonchev–Trinajstić information content (AvgIpc) is 2.47. The first-order valence-electron chi connectivity index (χ1n) is 7.17.